The molecule has 2 nitrogen and oxygen atoms in total. The Morgan fingerprint density at radius 3 is 2.06 bits per heavy atom. The van der Waals surface area contributed by atoms with Gasteiger partial charge >= 0.3 is 5.97 Å². The highest BCUT2D eigenvalue weighted by Gasteiger charge is 2.34. The summed E-state index contributed by atoms with van der Waals surface area (Å²) in [5, 5.41) is 0. The highest BCUT2D eigenvalue weighted by atomic mass is 19.1. The molecule has 0 saturated heterocycles. The van der Waals surface area contributed by atoms with Crippen molar-refractivity contribution in [2.45, 2.75) is 90.4 Å². The number of halogens is 2. The number of hydrogen-bond donors (Lipinski definition) is 0. The predicted octanol–water partition coefficient (Wildman–Crippen LogP) is 8.63. The molecule has 2 fully saturated rings. The lowest BCUT2D eigenvalue weighted by molar-refractivity contribution is -0.140. The monoisotopic (exact) mass is 482 g/mol. The summed E-state index contributed by atoms with van der Waals surface area (Å²) in [4.78, 5) is 12.7. The van der Waals surface area contributed by atoms with Gasteiger partial charge in [0.15, 0.2) is 0 Å². The number of hydrogen-bond acceptors (Lipinski definition) is 2. The van der Waals surface area contributed by atoms with E-state index in [-0.39, 0.29) is 23.2 Å². The first-order valence-corrected chi connectivity index (χ1v) is 13.7. The third-order valence-electron chi connectivity index (χ3n) is 8.55. The molecule has 2 aliphatic carbocycles. The zero-order chi connectivity index (χ0) is 24.8. The van der Waals surface area contributed by atoms with Crippen LogP contribution in [0.25, 0.3) is 0 Å². The maximum Gasteiger partial charge on any atom is 0.314 e. The highest BCUT2D eigenvalue weighted by Crippen LogP contribution is 2.43. The fourth-order valence-electron chi connectivity index (χ4n) is 6.47. The van der Waals surface area contributed by atoms with Crippen LogP contribution in [0.5, 0.6) is 5.75 Å². The Morgan fingerprint density at radius 1 is 0.914 bits per heavy atom. The van der Waals surface area contributed by atoms with Gasteiger partial charge in [-0.25, -0.2) is 8.78 Å². The number of ether oxygens (including phenoxy) is 1. The summed E-state index contributed by atoms with van der Waals surface area (Å²) < 4.78 is 33.8. The smallest absolute Gasteiger partial charge is 0.314 e. The van der Waals surface area contributed by atoms with Crippen molar-refractivity contribution >= 4 is 5.97 Å². The third kappa shape index (κ3) is 6.71. The van der Waals surface area contributed by atoms with E-state index >= 15 is 0 Å². The summed E-state index contributed by atoms with van der Waals surface area (Å²) in [6, 6.07) is 13.1. The van der Waals surface area contributed by atoms with E-state index in [4.69, 9.17) is 4.74 Å². The van der Waals surface area contributed by atoms with Gasteiger partial charge in [0.1, 0.15) is 17.4 Å². The first-order chi connectivity index (χ1) is 16.9. The molecule has 0 amide bonds. The average molecular weight is 483 g/mol. The van der Waals surface area contributed by atoms with E-state index in [1.165, 1.54) is 37.7 Å². The van der Waals surface area contributed by atoms with Gasteiger partial charge in [0.25, 0.3) is 0 Å². The lowest BCUT2D eigenvalue weighted by Gasteiger charge is -2.38. The Balaban J connectivity index is 1.21. The van der Waals surface area contributed by atoms with Crippen LogP contribution < -0.4 is 4.74 Å². The van der Waals surface area contributed by atoms with Crippen LogP contribution in [0.15, 0.2) is 42.5 Å². The maximum atomic E-state index is 14.2. The Hall–Kier alpha value is -2.23. The van der Waals surface area contributed by atoms with Crippen LogP contribution in [0.2, 0.25) is 0 Å². The number of rotatable bonds is 8. The fourth-order valence-corrected chi connectivity index (χ4v) is 6.47. The van der Waals surface area contributed by atoms with Crippen LogP contribution >= 0.6 is 0 Å². The van der Waals surface area contributed by atoms with Crippen molar-refractivity contribution < 1.29 is 18.3 Å². The lowest BCUT2D eigenvalue weighted by atomic mass is 9.68. The normalized spacial score (nSPS) is 25.7. The van der Waals surface area contributed by atoms with Crippen molar-refractivity contribution in [3.8, 4) is 5.75 Å². The van der Waals surface area contributed by atoms with Crippen molar-refractivity contribution in [3.05, 3.63) is 65.2 Å². The van der Waals surface area contributed by atoms with Gasteiger partial charge in [-0.1, -0.05) is 63.4 Å². The number of benzene rings is 2. The second kappa shape index (κ2) is 12.1. The van der Waals surface area contributed by atoms with Gasteiger partial charge in [-0.15, -0.1) is 0 Å². The SMILES string of the molecule is CCCc1c(F)cc(OC(=O)C2CCC(C3CCC(C[C@@H](C)c4ccccc4)CC3)CC2)cc1F. The van der Waals surface area contributed by atoms with Crippen molar-refractivity contribution in [1.29, 1.82) is 0 Å². The van der Waals surface area contributed by atoms with Crippen LogP contribution in [0.1, 0.15) is 95.1 Å². The molecule has 190 valence electrons. The molecule has 2 aromatic carbocycles. The largest absolute Gasteiger partial charge is 0.426 e. The molecule has 4 rings (SSSR count). The summed E-state index contributed by atoms with van der Waals surface area (Å²) in [5.74, 6) is 1.09. The summed E-state index contributed by atoms with van der Waals surface area (Å²) in [7, 11) is 0. The molecule has 2 saturated carbocycles. The van der Waals surface area contributed by atoms with Crippen LogP contribution in [0.3, 0.4) is 0 Å². The number of esters is 1. The van der Waals surface area contributed by atoms with Gasteiger partial charge < -0.3 is 4.74 Å². The molecular formula is C31H40F2O2. The van der Waals surface area contributed by atoms with Crippen molar-refractivity contribution in [1.82, 2.24) is 0 Å². The molecule has 1 atom stereocenters. The molecule has 0 unspecified atom stereocenters. The van der Waals surface area contributed by atoms with E-state index < -0.39 is 11.6 Å². The van der Waals surface area contributed by atoms with Crippen LogP contribution in [-0.2, 0) is 11.2 Å². The van der Waals surface area contributed by atoms with Crippen molar-refractivity contribution in [2.24, 2.45) is 23.7 Å². The van der Waals surface area contributed by atoms with Crippen LogP contribution in [-0.4, -0.2) is 5.97 Å². The summed E-state index contributed by atoms with van der Waals surface area (Å²) in [6.07, 6.45) is 11.2. The molecule has 4 heteroatoms. The Labute approximate surface area is 209 Å². The fraction of sp³-hybridized carbons (Fsp3) is 0.581. The van der Waals surface area contributed by atoms with Crippen molar-refractivity contribution in [2.75, 3.05) is 0 Å². The zero-order valence-electron chi connectivity index (χ0n) is 21.3. The van der Waals surface area contributed by atoms with E-state index in [2.05, 4.69) is 37.3 Å². The van der Waals surface area contributed by atoms with Gasteiger partial charge in [0.2, 0.25) is 0 Å². The molecule has 35 heavy (non-hydrogen) atoms. The molecule has 0 radical (unpaired) electrons. The average Bonchev–Trinajstić information content (AvgIpc) is 2.87. The standard InChI is InChI=1S/C31H40F2O2/c1-3-7-28-29(32)19-27(20-30(28)33)35-31(34)26-16-14-25(15-17-26)24-12-10-22(11-13-24)18-21(2)23-8-5-4-6-9-23/h4-6,8-9,19-22,24-26H,3,7,10-18H2,1-2H3/t21-,22?,24?,25?,26?/m1/s1. The Morgan fingerprint density at radius 2 is 1.49 bits per heavy atom. The zero-order valence-corrected chi connectivity index (χ0v) is 21.3. The summed E-state index contributed by atoms with van der Waals surface area (Å²) in [5.41, 5.74) is 1.51. The topological polar surface area (TPSA) is 26.3 Å². The van der Waals surface area contributed by atoms with E-state index in [1.54, 1.807) is 0 Å². The first-order valence-electron chi connectivity index (χ1n) is 13.7. The Bertz CT molecular complexity index is 934. The minimum atomic E-state index is -0.632. The second-order valence-corrected chi connectivity index (χ2v) is 11.0. The van der Waals surface area contributed by atoms with Crippen LogP contribution in [0.4, 0.5) is 8.78 Å². The molecule has 2 aromatic rings. The molecule has 0 aromatic heterocycles. The summed E-state index contributed by atoms with van der Waals surface area (Å²) in [6.45, 7) is 4.23. The van der Waals surface area contributed by atoms with E-state index in [9.17, 15) is 13.6 Å². The van der Waals surface area contributed by atoms with Crippen molar-refractivity contribution in [3.63, 3.8) is 0 Å². The lowest BCUT2D eigenvalue weighted by Crippen LogP contribution is -2.30. The quantitative estimate of drug-likeness (QED) is 0.278. The molecular weight excluding hydrogens is 442 g/mol. The molecule has 0 bridgehead atoms. The second-order valence-electron chi connectivity index (χ2n) is 11.0. The van der Waals surface area contributed by atoms with E-state index in [0.717, 1.165) is 49.7 Å². The third-order valence-corrected chi connectivity index (χ3v) is 8.55. The summed E-state index contributed by atoms with van der Waals surface area (Å²) >= 11 is 0. The molecule has 0 N–H and O–H groups in total. The molecule has 2 aliphatic rings. The highest BCUT2D eigenvalue weighted by molar-refractivity contribution is 5.75. The van der Waals surface area contributed by atoms with E-state index in [1.807, 2.05) is 6.92 Å². The molecule has 0 aliphatic heterocycles. The van der Waals surface area contributed by atoms with Gasteiger partial charge in [-0.05, 0) is 80.6 Å². The molecule has 0 spiro atoms. The van der Waals surface area contributed by atoms with Gasteiger partial charge in [-0.3, -0.25) is 4.79 Å². The first kappa shape index (κ1) is 25.9. The van der Waals surface area contributed by atoms with Gasteiger partial charge in [0, 0.05) is 17.7 Å². The Kier molecular flexibility index (Phi) is 8.97. The number of carbonyl (C=O) groups is 1. The van der Waals surface area contributed by atoms with E-state index in [0.29, 0.717) is 24.7 Å². The number of carbonyl (C=O) groups excluding carboxylic acids is 1. The maximum absolute atomic E-state index is 14.2. The molecule has 0 heterocycles. The van der Waals surface area contributed by atoms with Crippen LogP contribution in [0, 0.1) is 35.3 Å². The minimum absolute atomic E-state index is 0.0185. The predicted molar refractivity (Wildman–Crippen MR) is 136 cm³/mol. The minimum Gasteiger partial charge on any atom is -0.426 e. The van der Waals surface area contributed by atoms with Gasteiger partial charge in [0.05, 0.1) is 5.92 Å². The van der Waals surface area contributed by atoms with Gasteiger partial charge in [-0.2, -0.15) is 0 Å².